The first kappa shape index (κ1) is 17.6. The summed E-state index contributed by atoms with van der Waals surface area (Å²) in [5.41, 5.74) is 2.25. The van der Waals surface area contributed by atoms with Crippen LogP contribution >= 0.6 is 11.6 Å². The van der Waals surface area contributed by atoms with Crippen LogP contribution in [0.1, 0.15) is 31.7 Å². The molecule has 138 valence electrons. The Morgan fingerprint density at radius 2 is 2.15 bits per heavy atom. The Hall–Kier alpha value is -1.85. The fraction of sp³-hybridized carbons (Fsp3) is 0.500. The second-order valence-corrected chi connectivity index (χ2v) is 7.90. The lowest BCUT2D eigenvalue weighted by atomic mass is 9.89. The summed E-state index contributed by atoms with van der Waals surface area (Å²) in [4.78, 5) is 2.39. The van der Waals surface area contributed by atoms with Gasteiger partial charge in [-0.25, -0.2) is 0 Å². The highest BCUT2D eigenvalue weighted by atomic mass is 35.5. The van der Waals surface area contributed by atoms with Crippen molar-refractivity contribution >= 4 is 17.4 Å². The quantitative estimate of drug-likeness (QED) is 0.858. The van der Waals surface area contributed by atoms with Gasteiger partial charge in [0.1, 0.15) is 5.75 Å². The lowest BCUT2D eigenvalue weighted by molar-refractivity contribution is 0.288. The van der Waals surface area contributed by atoms with Crippen molar-refractivity contribution in [3.8, 4) is 17.0 Å². The first-order chi connectivity index (χ1) is 12.6. The molecule has 0 amide bonds. The number of benzene rings is 1. The third-order valence-corrected chi connectivity index (χ3v) is 6.07. The molecule has 0 saturated carbocycles. The van der Waals surface area contributed by atoms with Gasteiger partial charge in [0, 0.05) is 29.2 Å². The number of nitrogens with zero attached hydrogens (tertiary/aromatic N) is 3. The number of rotatable bonds is 3. The number of phenolic OH excluding ortho intramolecular Hbond substituents is 1. The molecule has 2 aliphatic rings. The highest BCUT2D eigenvalue weighted by Crippen LogP contribution is 2.35. The van der Waals surface area contributed by atoms with E-state index in [0.29, 0.717) is 28.4 Å². The Morgan fingerprint density at radius 3 is 2.85 bits per heavy atom. The molecule has 1 unspecified atom stereocenters. The topological polar surface area (TPSA) is 61.3 Å². The second-order valence-electron chi connectivity index (χ2n) is 7.47. The Balaban J connectivity index is 1.59. The minimum atomic E-state index is 0.139. The molecule has 2 aromatic rings. The van der Waals surface area contributed by atoms with Gasteiger partial charge in [-0.15, -0.1) is 10.2 Å². The molecule has 3 heterocycles. The van der Waals surface area contributed by atoms with E-state index in [9.17, 15) is 5.11 Å². The molecule has 6 heteroatoms. The van der Waals surface area contributed by atoms with Gasteiger partial charge >= 0.3 is 0 Å². The van der Waals surface area contributed by atoms with Crippen molar-refractivity contribution in [3.05, 3.63) is 34.9 Å². The predicted molar refractivity (Wildman–Crippen MR) is 105 cm³/mol. The molecule has 2 N–H and O–H groups in total. The van der Waals surface area contributed by atoms with E-state index < -0.39 is 0 Å². The van der Waals surface area contributed by atoms with Crippen LogP contribution < -0.4 is 10.2 Å². The van der Waals surface area contributed by atoms with Gasteiger partial charge in [0.05, 0.1) is 5.69 Å². The average molecular weight is 373 g/mol. The molecule has 0 aliphatic carbocycles. The van der Waals surface area contributed by atoms with Crippen molar-refractivity contribution in [2.75, 3.05) is 18.0 Å². The Morgan fingerprint density at radius 1 is 1.31 bits per heavy atom. The molecule has 0 bridgehead atoms. The molecule has 1 aromatic carbocycles. The van der Waals surface area contributed by atoms with Crippen LogP contribution in [0, 0.1) is 12.8 Å². The molecular weight excluding hydrogens is 348 g/mol. The molecule has 5 nitrogen and oxygen atoms in total. The summed E-state index contributed by atoms with van der Waals surface area (Å²) in [6.07, 6.45) is 3.58. The van der Waals surface area contributed by atoms with Crippen LogP contribution in [0.4, 0.5) is 5.82 Å². The lowest BCUT2D eigenvalue weighted by Gasteiger charge is -2.37. The second kappa shape index (κ2) is 7.05. The highest BCUT2D eigenvalue weighted by Gasteiger charge is 2.39. The molecule has 2 saturated heterocycles. The third-order valence-electron chi connectivity index (χ3n) is 5.85. The Labute approximate surface area is 159 Å². The maximum absolute atomic E-state index is 10.2. The maximum atomic E-state index is 10.2. The van der Waals surface area contributed by atoms with Crippen molar-refractivity contribution in [3.63, 3.8) is 0 Å². The SMILES string of the molecule is CCC1CN[C@@H]2CCN(c3ccc(-c4c(C)cc(Cl)cc4O)nn3)[C@H]2C1. The van der Waals surface area contributed by atoms with E-state index in [0.717, 1.165) is 36.8 Å². The number of hydrogen-bond donors (Lipinski definition) is 2. The Kier molecular flexibility index (Phi) is 4.76. The van der Waals surface area contributed by atoms with Crippen LogP contribution in [-0.2, 0) is 0 Å². The van der Waals surface area contributed by atoms with E-state index in [1.165, 1.54) is 12.8 Å². The summed E-state index contributed by atoms with van der Waals surface area (Å²) in [5.74, 6) is 1.80. The summed E-state index contributed by atoms with van der Waals surface area (Å²) >= 11 is 6.00. The van der Waals surface area contributed by atoms with Crippen LogP contribution in [0.3, 0.4) is 0 Å². The molecule has 2 fully saturated rings. The van der Waals surface area contributed by atoms with E-state index in [4.69, 9.17) is 11.6 Å². The van der Waals surface area contributed by atoms with E-state index in [-0.39, 0.29) is 5.75 Å². The van der Waals surface area contributed by atoms with Gasteiger partial charge in [-0.3, -0.25) is 0 Å². The normalized spacial score (nSPS) is 25.3. The summed E-state index contributed by atoms with van der Waals surface area (Å²) in [6.45, 7) is 6.32. The van der Waals surface area contributed by atoms with Gasteiger partial charge < -0.3 is 15.3 Å². The van der Waals surface area contributed by atoms with Crippen LogP contribution in [-0.4, -0.2) is 40.5 Å². The Bertz CT molecular complexity index is 772. The third kappa shape index (κ3) is 3.14. The van der Waals surface area contributed by atoms with Gasteiger partial charge in [-0.2, -0.15) is 0 Å². The van der Waals surface area contributed by atoms with E-state index in [2.05, 4.69) is 27.3 Å². The number of anilines is 1. The smallest absolute Gasteiger partial charge is 0.151 e. The van der Waals surface area contributed by atoms with Crippen molar-refractivity contribution in [1.82, 2.24) is 15.5 Å². The molecule has 0 radical (unpaired) electrons. The minimum Gasteiger partial charge on any atom is -0.507 e. The fourth-order valence-corrected chi connectivity index (χ4v) is 4.66. The highest BCUT2D eigenvalue weighted by molar-refractivity contribution is 6.31. The molecule has 0 spiro atoms. The van der Waals surface area contributed by atoms with Crippen LogP contribution in [0.2, 0.25) is 5.02 Å². The van der Waals surface area contributed by atoms with E-state index >= 15 is 0 Å². The van der Waals surface area contributed by atoms with Crippen molar-refractivity contribution in [1.29, 1.82) is 0 Å². The fourth-order valence-electron chi connectivity index (χ4n) is 4.39. The summed E-state index contributed by atoms with van der Waals surface area (Å²) in [7, 11) is 0. The molecule has 1 aromatic heterocycles. The molecule has 2 aliphatic heterocycles. The van der Waals surface area contributed by atoms with E-state index in [1.807, 2.05) is 25.1 Å². The van der Waals surface area contributed by atoms with Gasteiger partial charge in [0.2, 0.25) is 0 Å². The van der Waals surface area contributed by atoms with Crippen molar-refractivity contribution in [2.45, 2.75) is 45.2 Å². The summed E-state index contributed by atoms with van der Waals surface area (Å²) in [6, 6.07) is 8.40. The zero-order valence-electron chi connectivity index (χ0n) is 15.2. The van der Waals surface area contributed by atoms with E-state index in [1.54, 1.807) is 6.07 Å². The summed E-state index contributed by atoms with van der Waals surface area (Å²) in [5, 5.41) is 23.4. The zero-order chi connectivity index (χ0) is 18.3. The first-order valence-corrected chi connectivity index (χ1v) is 9.78. The van der Waals surface area contributed by atoms with Gasteiger partial charge in [-0.05, 0) is 62.1 Å². The van der Waals surface area contributed by atoms with Crippen molar-refractivity contribution < 1.29 is 5.11 Å². The first-order valence-electron chi connectivity index (χ1n) is 9.40. The molecule has 4 rings (SSSR count). The van der Waals surface area contributed by atoms with Crippen LogP contribution in [0.15, 0.2) is 24.3 Å². The molecular formula is C20H25ClN4O. The predicted octanol–water partition coefficient (Wildman–Crippen LogP) is 3.78. The van der Waals surface area contributed by atoms with Crippen LogP contribution in [0.5, 0.6) is 5.75 Å². The van der Waals surface area contributed by atoms with Crippen LogP contribution in [0.25, 0.3) is 11.3 Å². The number of piperidine rings is 1. The number of hydrogen-bond acceptors (Lipinski definition) is 5. The van der Waals surface area contributed by atoms with Gasteiger partial charge in [0.25, 0.3) is 0 Å². The molecule has 3 atom stereocenters. The number of fused-ring (bicyclic) bond motifs is 1. The number of nitrogens with one attached hydrogen (secondary N) is 1. The largest absolute Gasteiger partial charge is 0.507 e. The summed E-state index contributed by atoms with van der Waals surface area (Å²) < 4.78 is 0. The minimum absolute atomic E-state index is 0.139. The zero-order valence-corrected chi connectivity index (χ0v) is 16.0. The van der Waals surface area contributed by atoms with Crippen molar-refractivity contribution in [2.24, 2.45) is 5.92 Å². The van der Waals surface area contributed by atoms with Gasteiger partial charge in [0.15, 0.2) is 5.82 Å². The number of aryl methyl sites for hydroxylation is 1. The number of halogens is 1. The maximum Gasteiger partial charge on any atom is 0.151 e. The number of phenols is 1. The number of aromatic nitrogens is 2. The standard InChI is InChI=1S/C20H25ClN4O/c1-3-13-9-17-15(22-11-13)6-7-25(17)19-5-4-16(23-24-19)20-12(2)8-14(21)10-18(20)26/h4-5,8,10,13,15,17,22,26H,3,6-7,9,11H2,1-2H3/t13?,15-,17+/m1/s1. The monoisotopic (exact) mass is 372 g/mol. The van der Waals surface area contributed by atoms with Gasteiger partial charge in [-0.1, -0.05) is 24.9 Å². The molecule has 26 heavy (non-hydrogen) atoms. The lowest BCUT2D eigenvalue weighted by Crippen LogP contribution is -2.50. The number of aromatic hydroxyl groups is 1. The average Bonchev–Trinajstić information content (AvgIpc) is 3.04.